The molecule has 6 heteroatoms. The van der Waals surface area contributed by atoms with E-state index in [4.69, 9.17) is 4.52 Å². The first kappa shape index (κ1) is 20.6. The van der Waals surface area contributed by atoms with E-state index in [-0.39, 0.29) is 35.6 Å². The second-order valence-electron chi connectivity index (χ2n) is 7.40. The number of carbonyl (C=O) groups excluding carboxylic acids is 1. The molecule has 2 unspecified atom stereocenters. The number of hydrogen-bond acceptors (Lipinski definition) is 2. The predicted molar refractivity (Wildman–Crippen MR) is 116 cm³/mol. The fourth-order valence-electron chi connectivity index (χ4n) is 4.07. The van der Waals surface area contributed by atoms with Gasteiger partial charge in [-0.05, 0) is 60.4 Å². The lowest BCUT2D eigenvalue weighted by molar-refractivity contribution is -0.131. The Morgan fingerprint density at radius 1 is 0.900 bits per heavy atom. The van der Waals surface area contributed by atoms with Gasteiger partial charge >= 0.3 is 0 Å². The SMILES string of the molecule is O=C1[C@@H](CC[C@H](OP)c2ccc(F)cc2)C(c2ccccc2)N1c1ccc(F)cc1. The van der Waals surface area contributed by atoms with Crippen LogP contribution < -0.4 is 4.90 Å². The fourth-order valence-corrected chi connectivity index (χ4v) is 4.37. The average Bonchev–Trinajstić information content (AvgIpc) is 2.77. The van der Waals surface area contributed by atoms with Crippen molar-refractivity contribution in [1.29, 1.82) is 0 Å². The van der Waals surface area contributed by atoms with Crippen molar-refractivity contribution in [2.75, 3.05) is 4.90 Å². The lowest BCUT2D eigenvalue weighted by Crippen LogP contribution is -2.55. The standard InChI is InChI=1S/C24H22F2NO2P/c25-18-8-6-16(7-9-18)22(29-30)15-14-21-23(17-4-2-1-3-5-17)27(24(21)28)20-12-10-19(26)11-13-20/h1-13,21-23H,14-15,30H2/t21-,22-,23?/m0/s1. The maximum absolute atomic E-state index is 13.4. The van der Waals surface area contributed by atoms with Crippen molar-refractivity contribution in [2.24, 2.45) is 5.92 Å². The van der Waals surface area contributed by atoms with Crippen LogP contribution in [0.2, 0.25) is 0 Å². The minimum atomic E-state index is -0.334. The molecule has 1 fully saturated rings. The summed E-state index contributed by atoms with van der Waals surface area (Å²) in [4.78, 5) is 14.8. The van der Waals surface area contributed by atoms with Gasteiger partial charge in [-0.25, -0.2) is 8.78 Å². The van der Waals surface area contributed by atoms with Crippen molar-refractivity contribution in [2.45, 2.75) is 25.0 Å². The number of β-lactam (4-membered cyclic amide) rings is 1. The van der Waals surface area contributed by atoms with Gasteiger partial charge in [0, 0.05) is 15.2 Å². The highest BCUT2D eigenvalue weighted by atomic mass is 31.0. The van der Waals surface area contributed by atoms with Crippen molar-refractivity contribution in [3.63, 3.8) is 0 Å². The Hall–Kier alpha value is -2.62. The summed E-state index contributed by atoms with van der Waals surface area (Å²) < 4.78 is 32.1. The molecule has 1 aliphatic heterocycles. The maximum Gasteiger partial charge on any atom is 0.233 e. The molecule has 1 heterocycles. The lowest BCUT2D eigenvalue weighted by Gasteiger charge is -2.48. The molecule has 1 saturated heterocycles. The van der Waals surface area contributed by atoms with Crippen LogP contribution >= 0.6 is 9.47 Å². The van der Waals surface area contributed by atoms with Crippen LogP contribution in [0.15, 0.2) is 78.9 Å². The summed E-state index contributed by atoms with van der Waals surface area (Å²) in [6.07, 6.45) is 0.985. The molecular weight excluding hydrogens is 403 g/mol. The number of benzene rings is 3. The molecule has 154 valence electrons. The third-order valence-corrected chi connectivity index (χ3v) is 5.93. The van der Waals surface area contributed by atoms with Crippen molar-refractivity contribution in [3.05, 3.63) is 102 Å². The van der Waals surface area contributed by atoms with Gasteiger partial charge in [0.2, 0.25) is 5.91 Å². The van der Waals surface area contributed by atoms with Gasteiger partial charge in [0.15, 0.2) is 0 Å². The fraction of sp³-hybridized carbons (Fsp3) is 0.208. The Morgan fingerprint density at radius 2 is 1.50 bits per heavy atom. The predicted octanol–water partition coefficient (Wildman–Crippen LogP) is 6.00. The topological polar surface area (TPSA) is 29.5 Å². The minimum Gasteiger partial charge on any atom is -0.358 e. The van der Waals surface area contributed by atoms with E-state index < -0.39 is 0 Å². The quantitative estimate of drug-likeness (QED) is 0.343. The molecule has 3 aromatic rings. The monoisotopic (exact) mass is 425 g/mol. The Balaban J connectivity index is 1.55. The highest BCUT2D eigenvalue weighted by Crippen LogP contribution is 2.46. The number of hydrogen-bond donors (Lipinski definition) is 0. The normalized spacial score (nSPS) is 19.4. The van der Waals surface area contributed by atoms with Gasteiger partial charge in [-0.15, -0.1) is 0 Å². The van der Waals surface area contributed by atoms with Crippen LogP contribution in [0.1, 0.15) is 36.1 Å². The Labute approximate surface area is 177 Å². The summed E-state index contributed by atoms with van der Waals surface area (Å²) in [6.45, 7) is 0. The zero-order chi connectivity index (χ0) is 21.1. The molecule has 4 rings (SSSR count). The van der Waals surface area contributed by atoms with Crippen LogP contribution in [0, 0.1) is 17.6 Å². The van der Waals surface area contributed by atoms with E-state index in [1.54, 1.807) is 29.2 Å². The first-order chi connectivity index (χ1) is 14.6. The summed E-state index contributed by atoms with van der Waals surface area (Å²) in [7, 11) is 2.26. The first-order valence-corrected chi connectivity index (χ1v) is 10.3. The van der Waals surface area contributed by atoms with Crippen LogP contribution in [0.25, 0.3) is 0 Å². The van der Waals surface area contributed by atoms with Crippen molar-refractivity contribution in [1.82, 2.24) is 0 Å². The van der Waals surface area contributed by atoms with Crippen molar-refractivity contribution < 1.29 is 18.1 Å². The molecule has 4 atom stereocenters. The van der Waals surface area contributed by atoms with Crippen molar-refractivity contribution in [3.8, 4) is 0 Å². The third-order valence-electron chi connectivity index (χ3n) is 5.61. The zero-order valence-electron chi connectivity index (χ0n) is 16.2. The molecule has 0 saturated carbocycles. The number of amides is 1. The maximum atomic E-state index is 13.4. The van der Waals surface area contributed by atoms with E-state index in [2.05, 4.69) is 9.47 Å². The highest BCUT2D eigenvalue weighted by Gasteiger charge is 2.48. The van der Waals surface area contributed by atoms with Crippen LogP contribution in [-0.4, -0.2) is 5.91 Å². The molecule has 1 amide bonds. The Morgan fingerprint density at radius 3 is 2.10 bits per heavy atom. The molecule has 0 spiro atoms. The molecule has 0 aromatic heterocycles. The molecular formula is C24H22F2NO2P. The molecule has 0 aliphatic carbocycles. The molecule has 0 radical (unpaired) electrons. The zero-order valence-corrected chi connectivity index (χ0v) is 17.4. The number of rotatable bonds is 7. The Kier molecular flexibility index (Phi) is 6.21. The molecule has 3 nitrogen and oxygen atoms in total. The van der Waals surface area contributed by atoms with Gasteiger partial charge in [0.05, 0.1) is 18.1 Å². The molecule has 3 aromatic carbocycles. The van der Waals surface area contributed by atoms with Gasteiger partial charge in [-0.2, -0.15) is 0 Å². The Bertz CT molecular complexity index is 996. The summed E-state index contributed by atoms with van der Waals surface area (Å²) in [5, 5.41) is 0. The first-order valence-electron chi connectivity index (χ1n) is 9.83. The van der Waals surface area contributed by atoms with Crippen LogP contribution in [0.3, 0.4) is 0 Å². The minimum absolute atomic E-state index is 0.0112. The number of halogens is 2. The van der Waals surface area contributed by atoms with E-state index in [1.165, 1.54) is 24.3 Å². The van der Waals surface area contributed by atoms with Gasteiger partial charge in [-0.1, -0.05) is 42.5 Å². The summed E-state index contributed by atoms with van der Waals surface area (Å²) in [6, 6.07) is 21.9. The molecule has 1 aliphatic rings. The van der Waals surface area contributed by atoms with Gasteiger partial charge in [0.1, 0.15) is 11.6 Å². The van der Waals surface area contributed by atoms with Gasteiger partial charge in [0.25, 0.3) is 0 Å². The largest absolute Gasteiger partial charge is 0.358 e. The van der Waals surface area contributed by atoms with Crippen LogP contribution in [0.5, 0.6) is 0 Å². The van der Waals surface area contributed by atoms with E-state index in [0.717, 1.165) is 11.1 Å². The van der Waals surface area contributed by atoms with Crippen LogP contribution in [-0.2, 0) is 9.32 Å². The highest BCUT2D eigenvalue weighted by molar-refractivity contribution is 7.09. The smallest absolute Gasteiger partial charge is 0.233 e. The van der Waals surface area contributed by atoms with E-state index in [9.17, 15) is 13.6 Å². The second-order valence-corrected chi connectivity index (χ2v) is 7.67. The van der Waals surface area contributed by atoms with Crippen LogP contribution in [0.4, 0.5) is 14.5 Å². The van der Waals surface area contributed by atoms with E-state index in [1.807, 2.05) is 30.3 Å². The van der Waals surface area contributed by atoms with Crippen molar-refractivity contribution >= 4 is 21.1 Å². The van der Waals surface area contributed by atoms with Gasteiger partial charge < -0.3 is 9.42 Å². The molecule has 30 heavy (non-hydrogen) atoms. The molecule has 0 bridgehead atoms. The van der Waals surface area contributed by atoms with Gasteiger partial charge in [-0.3, -0.25) is 4.79 Å². The summed E-state index contributed by atoms with van der Waals surface area (Å²) >= 11 is 0. The number of nitrogens with zero attached hydrogens (tertiary/aromatic N) is 1. The lowest BCUT2D eigenvalue weighted by atomic mass is 9.78. The second kappa shape index (κ2) is 9.03. The van der Waals surface area contributed by atoms with E-state index in [0.29, 0.717) is 18.5 Å². The number of carbonyl (C=O) groups is 1. The number of anilines is 1. The summed E-state index contributed by atoms with van der Waals surface area (Å²) in [5.41, 5.74) is 2.59. The summed E-state index contributed by atoms with van der Waals surface area (Å²) in [5.74, 6) is -0.827. The average molecular weight is 425 g/mol. The van der Waals surface area contributed by atoms with E-state index >= 15 is 0 Å². The third kappa shape index (κ3) is 4.14. The molecule has 0 N–H and O–H groups in total.